The Balaban J connectivity index is 0.000000149. The lowest BCUT2D eigenvalue weighted by atomic mass is 10.0. The number of hydrogen-bond donors (Lipinski definition) is 2. The molecule has 0 radical (unpaired) electrons. The molecule has 0 aliphatic carbocycles. The van der Waals surface area contributed by atoms with Crippen LogP contribution in [0, 0.1) is 27.7 Å². The highest BCUT2D eigenvalue weighted by atomic mass is 16.5. The number of aryl methyl sites for hydroxylation is 4. The highest BCUT2D eigenvalue weighted by Gasteiger charge is 2.24. The molecule has 141 heavy (non-hydrogen) atoms. The van der Waals surface area contributed by atoms with E-state index < -0.39 is 0 Å². The molecule has 1 fully saturated rings. The van der Waals surface area contributed by atoms with Crippen LogP contribution in [-0.4, -0.2) is 190 Å². The van der Waals surface area contributed by atoms with Crippen molar-refractivity contribution in [1.82, 2.24) is 75.7 Å². The molecule has 1 aliphatic heterocycles. The minimum Gasteiger partial charge on any atom is -0.490 e. The van der Waals surface area contributed by atoms with Crippen LogP contribution >= 0.6 is 0 Å². The number of nitrogens with one attached hydrogen (secondary N) is 2. The predicted molar refractivity (Wildman–Crippen MR) is 550 cm³/mol. The van der Waals surface area contributed by atoms with Gasteiger partial charge in [0.2, 0.25) is 29.1 Å². The fourth-order valence-electron chi connectivity index (χ4n) is 15.8. The molecule has 0 amide bonds. The third kappa shape index (κ3) is 28.1. The summed E-state index contributed by atoms with van der Waals surface area (Å²) >= 11 is 0. The minimum atomic E-state index is 0.440. The molecule has 10 aromatic carbocycles. The number of H-pyrrole nitrogens is 1. The lowest BCUT2D eigenvalue weighted by molar-refractivity contribution is 0.288. The van der Waals surface area contributed by atoms with E-state index in [0.29, 0.717) is 182 Å². The number of ether oxygens (including phenoxy) is 10. The van der Waals surface area contributed by atoms with E-state index >= 15 is 0 Å². The number of likely N-dealkylation sites (N-methyl/N-ethyl adjacent to an activating group) is 1. The molecule has 0 spiro atoms. The quantitative estimate of drug-likeness (QED) is 0.0336. The first-order valence-electron chi connectivity index (χ1n) is 48.7. The Labute approximate surface area is 825 Å². The number of benzene rings is 10. The molecule has 30 nitrogen and oxygen atoms in total. The van der Waals surface area contributed by atoms with Gasteiger partial charge < -0.3 is 90.1 Å². The maximum absolute atomic E-state index is 5.75. The molecule has 6 aromatic heterocycles. The Hall–Kier alpha value is -14.7. The molecular weight excluding hydrogens is 1780 g/mol. The van der Waals surface area contributed by atoms with Gasteiger partial charge in [-0.2, -0.15) is 24.9 Å². The smallest absolute Gasteiger partial charge is 0.258 e. The Morgan fingerprint density at radius 2 is 0.674 bits per heavy atom. The number of rotatable bonds is 41. The molecule has 16 aromatic rings. The maximum Gasteiger partial charge on any atom is 0.258 e. The first-order chi connectivity index (χ1) is 68.8. The van der Waals surface area contributed by atoms with Gasteiger partial charge >= 0.3 is 0 Å². The molecule has 0 atom stereocenters. The fraction of sp³-hybridized carbons (Fsp3) is 0.351. The molecule has 1 aliphatic rings. The third-order valence-corrected chi connectivity index (χ3v) is 22.8. The van der Waals surface area contributed by atoms with Crippen LogP contribution in [0.3, 0.4) is 0 Å². The Kier molecular flexibility index (Phi) is 38.5. The molecule has 17 rings (SSSR count). The van der Waals surface area contributed by atoms with Crippen LogP contribution < -0.4 is 52.7 Å². The first-order valence-corrected chi connectivity index (χ1v) is 48.7. The topological polar surface area (TPSA) is 324 Å². The van der Waals surface area contributed by atoms with Crippen LogP contribution in [0.1, 0.15) is 135 Å². The van der Waals surface area contributed by atoms with Crippen molar-refractivity contribution >= 4 is 10.9 Å². The Morgan fingerprint density at radius 1 is 0.333 bits per heavy atom. The first kappa shape index (κ1) is 104. The molecule has 0 unspecified atom stereocenters. The van der Waals surface area contributed by atoms with E-state index in [9.17, 15) is 0 Å². The molecule has 2 N–H and O–H groups in total. The summed E-state index contributed by atoms with van der Waals surface area (Å²) < 4.78 is 84.0. The van der Waals surface area contributed by atoms with Crippen molar-refractivity contribution in [2.24, 2.45) is 0 Å². The summed E-state index contributed by atoms with van der Waals surface area (Å²) in [4.78, 5) is 33.3. The van der Waals surface area contributed by atoms with Gasteiger partial charge in [-0.1, -0.05) is 130 Å². The number of aromatic nitrogens is 11. The zero-order valence-electron chi connectivity index (χ0n) is 84.3. The van der Waals surface area contributed by atoms with Gasteiger partial charge in [0.15, 0.2) is 57.5 Å². The van der Waals surface area contributed by atoms with Crippen LogP contribution in [0.25, 0.3) is 125 Å². The zero-order chi connectivity index (χ0) is 99.5. The van der Waals surface area contributed by atoms with Gasteiger partial charge in [0.05, 0.1) is 66.1 Å². The van der Waals surface area contributed by atoms with Crippen molar-refractivity contribution in [3.63, 3.8) is 0 Å². The van der Waals surface area contributed by atoms with E-state index in [4.69, 9.17) is 75.0 Å². The third-order valence-electron chi connectivity index (χ3n) is 22.8. The molecular formula is C111H131N15O15. The molecule has 7 heterocycles. The molecule has 740 valence electrons. The fourth-order valence-corrected chi connectivity index (χ4v) is 15.8. The van der Waals surface area contributed by atoms with E-state index in [0.717, 1.165) is 118 Å². The van der Waals surface area contributed by atoms with Gasteiger partial charge in [0, 0.05) is 105 Å². The van der Waals surface area contributed by atoms with Crippen molar-refractivity contribution < 1.29 is 70.0 Å². The van der Waals surface area contributed by atoms with Gasteiger partial charge in [-0.25, -0.2) is 0 Å². The van der Waals surface area contributed by atoms with E-state index in [1.807, 2.05) is 241 Å². The summed E-state index contributed by atoms with van der Waals surface area (Å²) in [5.74, 6) is 12.0. The number of nitrogens with zero attached hydrogens (tertiary/aromatic N) is 13. The normalized spacial score (nSPS) is 11.7. The van der Waals surface area contributed by atoms with Crippen molar-refractivity contribution in [3.8, 4) is 172 Å². The van der Waals surface area contributed by atoms with Gasteiger partial charge in [0.1, 0.15) is 0 Å². The maximum atomic E-state index is 5.75. The highest BCUT2D eigenvalue weighted by Crippen LogP contribution is 2.41. The summed E-state index contributed by atoms with van der Waals surface area (Å²) in [5, 5.41) is 25.5. The molecule has 0 bridgehead atoms. The van der Waals surface area contributed by atoms with Crippen molar-refractivity contribution in [2.75, 3.05) is 119 Å². The van der Waals surface area contributed by atoms with Gasteiger partial charge in [-0.3, -0.25) is 4.90 Å². The predicted octanol–water partition coefficient (Wildman–Crippen LogP) is 23.8. The number of aromatic amines is 1. The van der Waals surface area contributed by atoms with Crippen molar-refractivity contribution in [3.05, 3.63) is 239 Å². The number of fused-ring (bicyclic) bond motifs is 1. The lowest BCUT2D eigenvalue weighted by Gasteiger charge is -2.17. The van der Waals surface area contributed by atoms with E-state index in [2.05, 4.69) is 155 Å². The van der Waals surface area contributed by atoms with E-state index in [1.54, 1.807) is 0 Å². The van der Waals surface area contributed by atoms with Crippen LogP contribution in [0.4, 0.5) is 0 Å². The van der Waals surface area contributed by atoms with Gasteiger partial charge in [-0.15, -0.1) is 0 Å². The summed E-state index contributed by atoms with van der Waals surface area (Å²) in [7, 11) is 4.12. The standard InChI is InChI=1S/C27H35N5O3.C24H29N3O3.C22H27N3O3.2C19H20N2O3/c1-5-32(6-2)15-14-28-17-20-18-29-22-11-9-10-21(25(20)22)26-30-27(35-31-26)19-12-13-23(33-7-3)24(16-19)34-8-4;1-4-28-21-11-10-19(15-22(21)29-5-2)24-25-23(26-30-24)18-8-9-20(17(3)14-18)16-27-12-6-7-13-27;1-6-26-19-11-10-17(13-20(19)27-7-2)22-23-21(24-28-22)16-8-9-18(14-25(4)5)15(3)12-16;1-4-22-16-11-10-15(12-17(16)23-5-2)19-20-18(21-24-19)14-8-6-13(3)7-9-14;1-4-22-16-10-9-15(12-17(16)23-5-2)19-20-18(21-24-19)14-8-6-7-13(3)11-14/h9-13,16,18,28-29H,5-8,14-15,17H2,1-4H3;8-11,14-15H,4-7,12-13,16H2,1-3H3;8-13H,6-7,14H2,1-5H3;2*6-12H,4-5H2,1-3H3. The molecule has 30 heteroatoms. The van der Waals surface area contributed by atoms with Crippen LogP contribution in [-0.2, 0) is 19.6 Å². The Bertz CT molecular complexity index is 6610. The summed E-state index contributed by atoms with van der Waals surface area (Å²) in [5.41, 5.74) is 18.4. The number of hydrogen-bond acceptors (Lipinski definition) is 29. The SMILES string of the molecule is CCOc1ccc(-c2nc(-c3ccc(C)cc3)no2)cc1OCC.CCOc1ccc(-c2nc(-c3ccc(CN(C)C)c(C)c3)no2)cc1OCC.CCOc1ccc(-c2nc(-c3ccc(CN4CCCC4)c(C)c3)no2)cc1OCC.CCOc1ccc(-c2nc(-c3cccc(C)c3)no2)cc1OCC.CCOc1ccc(-c2nc(-c3cccc4[nH]cc(CNCCN(CC)CC)c34)no2)cc1OCC. The second-order valence-corrected chi connectivity index (χ2v) is 33.2. The molecule has 0 saturated carbocycles. The van der Waals surface area contributed by atoms with E-state index in [1.165, 1.54) is 59.3 Å². The van der Waals surface area contributed by atoms with Gasteiger partial charge in [-0.05, 0) is 293 Å². The summed E-state index contributed by atoms with van der Waals surface area (Å²) in [6.07, 6.45) is 4.67. The van der Waals surface area contributed by atoms with Crippen molar-refractivity contribution in [1.29, 1.82) is 0 Å². The summed E-state index contributed by atoms with van der Waals surface area (Å²) in [6, 6.07) is 63.0. The monoisotopic (exact) mass is 1910 g/mol. The minimum absolute atomic E-state index is 0.440. The second-order valence-electron chi connectivity index (χ2n) is 33.2. The highest BCUT2D eigenvalue weighted by molar-refractivity contribution is 5.96. The van der Waals surface area contributed by atoms with E-state index in [-0.39, 0.29) is 0 Å². The second kappa shape index (κ2) is 52.3. The average molecular weight is 1920 g/mol. The largest absolute Gasteiger partial charge is 0.490 e. The van der Waals surface area contributed by atoms with Crippen LogP contribution in [0.15, 0.2) is 223 Å². The van der Waals surface area contributed by atoms with Crippen LogP contribution in [0.2, 0.25) is 0 Å². The lowest BCUT2D eigenvalue weighted by Crippen LogP contribution is -2.31. The van der Waals surface area contributed by atoms with Gasteiger partial charge in [0.25, 0.3) is 29.5 Å². The zero-order valence-corrected chi connectivity index (χ0v) is 84.3. The number of likely N-dealkylation sites (tertiary alicyclic amines) is 1. The average Bonchev–Trinajstić information content (AvgIpc) is 1.63. The van der Waals surface area contributed by atoms with Crippen molar-refractivity contribution in [2.45, 2.75) is 143 Å². The Morgan fingerprint density at radius 3 is 1.04 bits per heavy atom. The molecule has 1 saturated heterocycles. The van der Waals surface area contributed by atoms with Crippen LogP contribution in [0.5, 0.6) is 57.5 Å². The summed E-state index contributed by atoms with van der Waals surface area (Å²) in [6.45, 7) is 47.0.